The van der Waals surface area contributed by atoms with Gasteiger partial charge in [0.1, 0.15) is 5.75 Å². The standard InChI is InChI=1S/C12H10ClIN2O/c1-7-3-9(13)4-8(2)11(7)17-12-15-5-10(14)6-16-12/h3-6H,1-2H3. The number of aryl methyl sites for hydroxylation is 2. The largest absolute Gasteiger partial charge is 0.424 e. The normalized spacial score (nSPS) is 10.4. The molecule has 0 saturated heterocycles. The highest BCUT2D eigenvalue weighted by Gasteiger charge is 2.08. The van der Waals surface area contributed by atoms with Crippen LogP contribution in [0.3, 0.4) is 0 Å². The summed E-state index contributed by atoms with van der Waals surface area (Å²) in [6.45, 7) is 3.89. The maximum atomic E-state index is 5.96. The van der Waals surface area contributed by atoms with Gasteiger partial charge < -0.3 is 4.74 Å². The van der Waals surface area contributed by atoms with Gasteiger partial charge in [-0.15, -0.1) is 0 Å². The molecule has 0 amide bonds. The van der Waals surface area contributed by atoms with Gasteiger partial charge in [-0.1, -0.05) is 11.6 Å². The first-order valence-corrected chi connectivity index (χ1v) is 6.44. The van der Waals surface area contributed by atoms with E-state index in [1.165, 1.54) is 0 Å². The third-order valence-electron chi connectivity index (χ3n) is 2.22. The highest BCUT2D eigenvalue weighted by Crippen LogP contribution is 2.29. The van der Waals surface area contributed by atoms with Gasteiger partial charge in [0.15, 0.2) is 0 Å². The Morgan fingerprint density at radius 2 is 1.65 bits per heavy atom. The number of benzene rings is 1. The quantitative estimate of drug-likeness (QED) is 0.755. The fraction of sp³-hybridized carbons (Fsp3) is 0.167. The molecule has 5 heteroatoms. The molecule has 0 unspecified atom stereocenters. The van der Waals surface area contributed by atoms with Gasteiger partial charge in [0.05, 0.1) is 0 Å². The summed E-state index contributed by atoms with van der Waals surface area (Å²) in [5.41, 5.74) is 1.94. The van der Waals surface area contributed by atoms with Crippen molar-refractivity contribution in [1.82, 2.24) is 9.97 Å². The zero-order chi connectivity index (χ0) is 12.4. The van der Waals surface area contributed by atoms with Gasteiger partial charge in [-0.3, -0.25) is 0 Å². The summed E-state index contributed by atoms with van der Waals surface area (Å²) >= 11 is 8.11. The summed E-state index contributed by atoms with van der Waals surface area (Å²) in [5, 5.41) is 0.705. The average Bonchev–Trinajstić information content (AvgIpc) is 2.26. The number of halogens is 2. The zero-order valence-corrected chi connectivity index (χ0v) is 12.3. The summed E-state index contributed by atoms with van der Waals surface area (Å²) in [4.78, 5) is 8.21. The molecule has 0 bridgehead atoms. The second-order valence-electron chi connectivity index (χ2n) is 3.65. The smallest absolute Gasteiger partial charge is 0.321 e. The van der Waals surface area contributed by atoms with E-state index in [9.17, 15) is 0 Å². The molecule has 0 aliphatic rings. The van der Waals surface area contributed by atoms with E-state index < -0.39 is 0 Å². The molecule has 2 rings (SSSR count). The monoisotopic (exact) mass is 360 g/mol. The first kappa shape index (κ1) is 12.6. The number of ether oxygens (including phenoxy) is 1. The van der Waals surface area contributed by atoms with Gasteiger partial charge in [0.2, 0.25) is 0 Å². The third kappa shape index (κ3) is 3.07. The summed E-state index contributed by atoms with van der Waals surface area (Å²) < 4.78 is 6.64. The van der Waals surface area contributed by atoms with Crippen LogP contribution in [0.15, 0.2) is 24.5 Å². The lowest BCUT2D eigenvalue weighted by molar-refractivity contribution is 0.435. The lowest BCUT2D eigenvalue weighted by Gasteiger charge is -2.10. The molecule has 0 radical (unpaired) electrons. The van der Waals surface area contributed by atoms with Crippen molar-refractivity contribution in [2.24, 2.45) is 0 Å². The lowest BCUT2D eigenvalue weighted by Crippen LogP contribution is -1.95. The van der Waals surface area contributed by atoms with Gasteiger partial charge in [0, 0.05) is 21.0 Å². The third-order valence-corrected chi connectivity index (χ3v) is 2.99. The second kappa shape index (κ2) is 5.18. The molecule has 88 valence electrons. The van der Waals surface area contributed by atoms with Crippen LogP contribution in [-0.2, 0) is 0 Å². The molecule has 0 atom stereocenters. The van der Waals surface area contributed by atoms with Gasteiger partial charge in [-0.25, -0.2) is 9.97 Å². The summed E-state index contributed by atoms with van der Waals surface area (Å²) in [5.74, 6) is 0.760. The number of aromatic nitrogens is 2. The van der Waals surface area contributed by atoms with Crippen LogP contribution in [0.25, 0.3) is 0 Å². The van der Waals surface area contributed by atoms with E-state index in [0.717, 1.165) is 20.4 Å². The SMILES string of the molecule is Cc1cc(Cl)cc(C)c1Oc1ncc(I)cn1. The maximum absolute atomic E-state index is 5.96. The molecule has 0 aliphatic heterocycles. The predicted molar refractivity (Wildman–Crippen MR) is 75.7 cm³/mol. The molecule has 1 aromatic heterocycles. The molecule has 3 nitrogen and oxygen atoms in total. The van der Waals surface area contributed by atoms with Crippen molar-refractivity contribution in [1.29, 1.82) is 0 Å². The second-order valence-corrected chi connectivity index (χ2v) is 5.34. The number of hydrogen-bond donors (Lipinski definition) is 0. The van der Waals surface area contributed by atoms with Gasteiger partial charge in [-0.05, 0) is 59.7 Å². The van der Waals surface area contributed by atoms with Crippen LogP contribution < -0.4 is 4.74 Å². The van der Waals surface area contributed by atoms with Gasteiger partial charge in [-0.2, -0.15) is 0 Å². The first-order chi connectivity index (χ1) is 8.06. The van der Waals surface area contributed by atoms with Crippen molar-refractivity contribution in [3.8, 4) is 11.8 Å². The van der Waals surface area contributed by atoms with Crippen molar-refractivity contribution in [2.45, 2.75) is 13.8 Å². The van der Waals surface area contributed by atoms with Crippen LogP contribution in [-0.4, -0.2) is 9.97 Å². The minimum absolute atomic E-state index is 0.346. The molecule has 1 heterocycles. The predicted octanol–water partition coefficient (Wildman–Crippen LogP) is 4.14. The van der Waals surface area contributed by atoms with Gasteiger partial charge >= 0.3 is 6.01 Å². The van der Waals surface area contributed by atoms with Crippen molar-refractivity contribution < 1.29 is 4.74 Å². The number of hydrogen-bond acceptors (Lipinski definition) is 3. The molecule has 0 aliphatic carbocycles. The summed E-state index contributed by atoms with van der Waals surface area (Å²) in [7, 11) is 0. The molecule has 2 aromatic rings. The Morgan fingerprint density at radius 1 is 1.12 bits per heavy atom. The Hall–Kier alpha value is -0.880. The van der Waals surface area contributed by atoms with E-state index in [-0.39, 0.29) is 0 Å². The van der Waals surface area contributed by atoms with Crippen LogP contribution in [0.1, 0.15) is 11.1 Å². The first-order valence-electron chi connectivity index (χ1n) is 4.98. The van der Waals surface area contributed by atoms with E-state index in [1.54, 1.807) is 12.4 Å². The molecule has 1 aromatic carbocycles. The molecule has 0 spiro atoms. The van der Waals surface area contributed by atoms with Crippen molar-refractivity contribution in [2.75, 3.05) is 0 Å². The summed E-state index contributed by atoms with van der Waals surface area (Å²) in [6.07, 6.45) is 3.42. The van der Waals surface area contributed by atoms with E-state index in [2.05, 4.69) is 32.6 Å². The highest BCUT2D eigenvalue weighted by molar-refractivity contribution is 14.1. The Labute approximate surface area is 118 Å². The minimum Gasteiger partial charge on any atom is -0.424 e. The molecular weight excluding hydrogens is 351 g/mol. The van der Waals surface area contributed by atoms with E-state index in [1.807, 2.05) is 26.0 Å². The molecule has 17 heavy (non-hydrogen) atoms. The van der Waals surface area contributed by atoms with Crippen molar-refractivity contribution >= 4 is 34.2 Å². The average molecular weight is 361 g/mol. The van der Waals surface area contributed by atoms with Crippen LogP contribution >= 0.6 is 34.2 Å². The Morgan fingerprint density at radius 3 is 2.18 bits per heavy atom. The van der Waals surface area contributed by atoms with Crippen LogP contribution in [0.4, 0.5) is 0 Å². The fourth-order valence-corrected chi connectivity index (χ4v) is 2.11. The topological polar surface area (TPSA) is 35.0 Å². The lowest BCUT2D eigenvalue weighted by atomic mass is 10.1. The Balaban J connectivity index is 2.33. The highest BCUT2D eigenvalue weighted by atomic mass is 127. The van der Waals surface area contributed by atoms with Crippen LogP contribution in [0.2, 0.25) is 5.02 Å². The minimum atomic E-state index is 0.346. The van der Waals surface area contributed by atoms with Crippen molar-refractivity contribution in [3.63, 3.8) is 0 Å². The Bertz CT molecular complexity index is 520. The number of nitrogens with zero attached hydrogens (tertiary/aromatic N) is 2. The van der Waals surface area contributed by atoms with Gasteiger partial charge in [0.25, 0.3) is 0 Å². The summed E-state index contributed by atoms with van der Waals surface area (Å²) in [6, 6.07) is 4.06. The van der Waals surface area contributed by atoms with Crippen molar-refractivity contribution in [3.05, 3.63) is 44.2 Å². The van der Waals surface area contributed by atoms with E-state index in [4.69, 9.17) is 16.3 Å². The molecule has 0 N–H and O–H groups in total. The maximum Gasteiger partial charge on any atom is 0.321 e. The van der Waals surface area contributed by atoms with E-state index in [0.29, 0.717) is 11.0 Å². The zero-order valence-electron chi connectivity index (χ0n) is 9.37. The molecule has 0 fully saturated rings. The van der Waals surface area contributed by atoms with Crippen LogP contribution in [0, 0.1) is 17.4 Å². The fourth-order valence-electron chi connectivity index (χ4n) is 1.50. The molecular formula is C12H10ClIN2O. The molecule has 0 saturated carbocycles. The van der Waals surface area contributed by atoms with Crippen LogP contribution in [0.5, 0.6) is 11.8 Å². The van der Waals surface area contributed by atoms with E-state index >= 15 is 0 Å². The Kier molecular flexibility index (Phi) is 3.83. The number of rotatable bonds is 2.